The van der Waals surface area contributed by atoms with Crippen LogP contribution in [-0.4, -0.2) is 5.78 Å². The van der Waals surface area contributed by atoms with Crippen molar-refractivity contribution in [3.8, 4) is 0 Å². The van der Waals surface area contributed by atoms with Crippen LogP contribution in [0.5, 0.6) is 0 Å². The van der Waals surface area contributed by atoms with Gasteiger partial charge in [-0.3, -0.25) is 4.79 Å². The van der Waals surface area contributed by atoms with Crippen LogP contribution in [0, 0.1) is 5.82 Å². The fourth-order valence-corrected chi connectivity index (χ4v) is 1.96. The highest BCUT2D eigenvalue weighted by atomic mass is 35.5. The molecule has 0 saturated heterocycles. The second-order valence-electron chi connectivity index (χ2n) is 3.66. The van der Waals surface area contributed by atoms with Gasteiger partial charge in [-0.25, -0.2) is 4.39 Å². The van der Waals surface area contributed by atoms with Crippen LogP contribution >= 0.6 is 23.2 Å². The molecule has 0 spiro atoms. The minimum atomic E-state index is -0.666. The predicted molar refractivity (Wildman–Crippen MR) is 70.7 cm³/mol. The van der Waals surface area contributed by atoms with Gasteiger partial charge in [0.2, 0.25) is 0 Å². The Hall–Kier alpha value is -1.58. The summed E-state index contributed by atoms with van der Waals surface area (Å²) in [6.07, 6.45) is 0. The van der Waals surface area contributed by atoms with Crippen molar-refractivity contribution in [2.24, 2.45) is 0 Å². The van der Waals surface area contributed by atoms with Gasteiger partial charge in [0.25, 0.3) is 0 Å². The summed E-state index contributed by atoms with van der Waals surface area (Å²) in [5.41, 5.74) is 5.97. The maximum absolute atomic E-state index is 13.6. The number of rotatable bonds is 2. The summed E-state index contributed by atoms with van der Waals surface area (Å²) in [7, 11) is 0. The SMILES string of the molecule is Nc1ccc(C(=O)c2c(F)cccc2Cl)cc1Cl. The number of anilines is 1. The average molecular weight is 284 g/mol. The zero-order chi connectivity index (χ0) is 13.3. The molecule has 0 aliphatic carbocycles. The van der Waals surface area contributed by atoms with E-state index in [2.05, 4.69) is 0 Å². The lowest BCUT2D eigenvalue weighted by Crippen LogP contribution is -2.05. The Labute approximate surface area is 113 Å². The van der Waals surface area contributed by atoms with Gasteiger partial charge in [0.15, 0.2) is 5.78 Å². The maximum atomic E-state index is 13.6. The second kappa shape index (κ2) is 4.96. The first kappa shape index (κ1) is 12.9. The molecule has 2 N–H and O–H groups in total. The molecule has 92 valence electrons. The van der Waals surface area contributed by atoms with Gasteiger partial charge in [-0.05, 0) is 30.3 Å². The van der Waals surface area contributed by atoms with E-state index in [0.717, 1.165) is 0 Å². The van der Waals surface area contributed by atoms with Crippen molar-refractivity contribution in [2.75, 3.05) is 5.73 Å². The van der Waals surface area contributed by atoms with E-state index in [-0.39, 0.29) is 21.2 Å². The molecule has 0 fully saturated rings. The first-order valence-corrected chi connectivity index (χ1v) is 5.80. The Balaban J connectivity index is 2.51. The number of nitrogen functional groups attached to an aromatic ring is 1. The molecule has 2 aromatic carbocycles. The van der Waals surface area contributed by atoms with Crippen molar-refractivity contribution in [3.05, 3.63) is 63.4 Å². The van der Waals surface area contributed by atoms with E-state index in [1.807, 2.05) is 0 Å². The molecule has 0 aliphatic heterocycles. The third-order valence-electron chi connectivity index (χ3n) is 2.45. The number of hydrogen-bond donors (Lipinski definition) is 1. The van der Waals surface area contributed by atoms with Gasteiger partial charge >= 0.3 is 0 Å². The van der Waals surface area contributed by atoms with E-state index in [9.17, 15) is 9.18 Å². The summed E-state index contributed by atoms with van der Waals surface area (Å²) in [5, 5.41) is 0.307. The highest BCUT2D eigenvalue weighted by Crippen LogP contribution is 2.25. The molecule has 5 heteroatoms. The monoisotopic (exact) mass is 283 g/mol. The van der Waals surface area contributed by atoms with E-state index in [1.54, 1.807) is 0 Å². The Bertz CT molecular complexity index is 608. The van der Waals surface area contributed by atoms with Gasteiger partial charge in [-0.1, -0.05) is 29.3 Å². The van der Waals surface area contributed by atoms with Crippen molar-refractivity contribution in [2.45, 2.75) is 0 Å². The summed E-state index contributed by atoms with van der Waals surface area (Å²) in [4.78, 5) is 12.1. The second-order valence-corrected chi connectivity index (χ2v) is 4.48. The molecule has 0 bridgehead atoms. The van der Waals surface area contributed by atoms with Gasteiger partial charge in [-0.15, -0.1) is 0 Å². The minimum Gasteiger partial charge on any atom is -0.398 e. The van der Waals surface area contributed by atoms with Crippen LogP contribution in [0.4, 0.5) is 10.1 Å². The van der Waals surface area contributed by atoms with Crippen LogP contribution in [0.3, 0.4) is 0 Å². The minimum absolute atomic E-state index is 0.0629. The highest BCUT2D eigenvalue weighted by molar-refractivity contribution is 6.36. The van der Waals surface area contributed by atoms with Crippen LogP contribution in [0.2, 0.25) is 10.0 Å². The normalized spacial score (nSPS) is 10.4. The molecule has 0 amide bonds. The van der Waals surface area contributed by atoms with Crippen molar-refractivity contribution < 1.29 is 9.18 Å². The molecule has 0 atom stereocenters. The summed E-state index contributed by atoms with van der Waals surface area (Å²) in [6, 6.07) is 8.43. The van der Waals surface area contributed by atoms with E-state index in [4.69, 9.17) is 28.9 Å². The summed E-state index contributed by atoms with van der Waals surface area (Å²) in [6.45, 7) is 0. The summed E-state index contributed by atoms with van der Waals surface area (Å²) in [5.74, 6) is -1.19. The topological polar surface area (TPSA) is 43.1 Å². The maximum Gasteiger partial charge on any atom is 0.197 e. The summed E-state index contributed by atoms with van der Waals surface area (Å²) < 4.78 is 13.6. The van der Waals surface area contributed by atoms with E-state index in [0.29, 0.717) is 5.69 Å². The van der Waals surface area contributed by atoms with Gasteiger partial charge in [0.1, 0.15) is 5.82 Å². The molecule has 2 aromatic rings. The molecule has 2 rings (SSSR count). The van der Waals surface area contributed by atoms with Crippen LogP contribution in [0.1, 0.15) is 15.9 Å². The van der Waals surface area contributed by atoms with Crippen LogP contribution in [-0.2, 0) is 0 Å². The zero-order valence-electron chi connectivity index (χ0n) is 9.08. The van der Waals surface area contributed by atoms with Gasteiger partial charge in [0, 0.05) is 5.56 Å². The molecular formula is C13H8Cl2FNO. The zero-order valence-corrected chi connectivity index (χ0v) is 10.6. The number of carbonyl (C=O) groups excluding carboxylic acids is 1. The largest absolute Gasteiger partial charge is 0.398 e. The number of halogens is 3. The smallest absolute Gasteiger partial charge is 0.197 e. The standard InChI is InChI=1S/C13H8Cl2FNO/c14-8-2-1-3-10(16)12(8)13(18)7-4-5-11(17)9(15)6-7/h1-6H,17H2. The number of hydrogen-bond acceptors (Lipinski definition) is 2. The fraction of sp³-hybridized carbons (Fsp3) is 0. The van der Waals surface area contributed by atoms with Gasteiger partial charge in [-0.2, -0.15) is 0 Å². The molecule has 0 saturated carbocycles. The number of benzene rings is 2. The van der Waals surface area contributed by atoms with E-state index < -0.39 is 11.6 Å². The molecule has 0 heterocycles. The lowest BCUT2D eigenvalue weighted by molar-refractivity contribution is 0.103. The summed E-state index contributed by atoms with van der Waals surface area (Å²) >= 11 is 11.6. The van der Waals surface area contributed by atoms with Crippen molar-refractivity contribution >= 4 is 34.7 Å². The molecular weight excluding hydrogens is 276 g/mol. The third-order valence-corrected chi connectivity index (χ3v) is 3.09. The average Bonchev–Trinajstić information content (AvgIpc) is 2.32. The lowest BCUT2D eigenvalue weighted by Gasteiger charge is -2.06. The van der Waals surface area contributed by atoms with E-state index >= 15 is 0 Å². The first-order chi connectivity index (χ1) is 8.50. The number of ketones is 1. The number of carbonyl (C=O) groups is 1. The van der Waals surface area contributed by atoms with Crippen molar-refractivity contribution in [1.29, 1.82) is 0 Å². The van der Waals surface area contributed by atoms with Crippen LogP contribution in [0.15, 0.2) is 36.4 Å². The molecule has 0 aromatic heterocycles. The Morgan fingerprint density at radius 1 is 1.11 bits per heavy atom. The lowest BCUT2D eigenvalue weighted by atomic mass is 10.0. The molecule has 18 heavy (non-hydrogen) atoms. The van der Waals surface area contributed by atoms with E-state index in [1.165, 1.54) is 36.4 Å². The Kier molecular flexibility index (Phi) is 3.55. The van der Waals surface area contributed by atoms with Crippen LogP contribution in [0.25, 0.3) is 0 Å². The molecule has 0 radical (unpaired) electrons. The Morgan fingerprint density at radius 2 is 1.83 bits per heavy atom. The van der Waals surface area contributed by atoms with Crippen LogP contribution < -0.4 is 5.73 Å². The first-order valence-electron chi connectivity index (χ1n) is 5.04. The fourth-order valence-electron chi connectivity index (χ4n) is 1.53. The van der Waals surface area contributed by atoms with Crippen molar-refractivity contribution in [1.82, 2.24) is 0 Å². The molecule has 0 unspecified atom stereocenters. The van der Waals surface area contributed by atoms with Gasteiger partial charge in [0.05, 0.1) is 21.3 Å². The quantitative estimate of drug-likeness (QED) is 0.670. The molecule has 2 nitrogen and oxygen atoms in total. The Morgan fingerprint density at radius 3 is 2.44 bits per heavy atom. The van der Waals surface area contributed by atoms with Gasteiger partial charge < -0.3 is 5.73 Å². The number of nitrogens with two attached hydrogens (primary N) is 1. The third kappa shape index (κ3) is 2.33. The molecule has 0 aliphatic rings. The van der Waals surface area contributed by atoms with Crippen molar-refractivity contribution in [3.63, 3.8) is 0 Å². The highest BCUT2D eigenvalue weighted by Gasteiger charge is 2.18. The predicted octanol–water partition coefficient (Wildman–Crippen LogP) is 3.95.